The van der Waals surface area contributed by atoms with E-state index in [1.807, 2.05) is 0 Å². The van der Waals surface area contributed by atoms with Gasteiger partial charge in [-0.25, -0.2) is 9.18 Å². The average Bonchev–Trinajstić information content (AvgIpc) is 2.09. The molecule has 1 aromatic rings. The molecule has 0 unspecified atom stereocenters. The third-order valence-corrected chi connectivity index (χ3v) is 1.30. The molecule has 1 rings (SSSR count). The van der Waals surface area contributed by atoms with Crippen molar-refractivity contribution < 1.29 is 23.5 Å². The maximum Gasteiger partial charge on any atom is 0.409 e. The maximum absolute atomic E-state index is 13.0. The summed E-state index contributed by atoms with van der Waals surface area (Å²) in [6.45, 7) is 0.0903. The Labute approximate surface area is 78.2 Å². The molecule has 5 nitrogen and oxygen atoms in total. The number of amides is 1. The molecule has 0 fully saturated rings. The molecule has 0 saturated heterocycles. The van der Waals surface area contributed by atoms with Crippen LogP contribution in [0, 0.1) is 5.82 Å². The van der Waals surface area contributed by atoms with Gasteiger partial charge in [0.05, 0.1) is 0 Å². The molecule has 0 aliphatic heterocycles. The maximum atomic E-state index is 13.0. The fraction of sp³-hybridized carbons (Fsp3) is 0. The Morgan fingerprint density at radius 1 is 1.50 bits per heavy atom. The molecule has 0 aliphatic rings. The van der Waals surface area contributed by atoms with Gasteiger partial charge in [-0.3, -0.25) is 4.79 Å². The highest BCUT2D eigenvalue weighted by Gasteiger charge is 2.06. The topological polar surface area (TPSA) is 78.6 Å². The predicted molar refractivity (Wildman–Crippen MR) is 43.3 cm³/mol. The van der Waals surface area contributed by atoms with Crippen molar-refractivity contribution in [2.75, 3.05) is 0 Å². The number of primary amides is 1. The molecule has 0 radical (unpaired) electrons. The van der Waals surface area contributed by atoms with Crippen LogP contribution in [0.5, 0.6) is 11.5 Å². The number of halogens is 1. The smallest absolute Gasteiger partial charge is 0.409 e. The minimum absolute atomic E-state index is 0.0618. The van der Waals surface area contributed by atoms with E-state index < -0.39 is 11.9 Å². The van der Waals surface area contributed by atoms with E-state index >= 15 is 0 Å². The summed E-state index contributed by atoms with van der Waals surface area (Å²) in [5.74, 6) is -1.14. The average molecular weight is 199 g/mol. The minimum Gasteiger partial charge on any atom is -0.426 e. The number of benzene rings is 1. The summed E-state index contributed by atoms with van der Waals surface area (Å²) >= 11 is 0. The van der Waals surface area contributed by atoms with Crippen LogP contribution in [0.4, 0.5) is 9.18 Å². The lowest BCUT2D eigenvalue weighted by atomic mass is 10.3. The molecule has 0 atom stereocenters. The van der Waals surface area contributed by atoms with Gasteiger partial charge in [0.1, 0.15) is 5.75 Å². The summed E-state index contributed by atoms with van der Waals surface area (Å²) in [4.78, 5) is 20.2. The highest BCUT2D eigenvalue weighted by molar-refractivity contribution is 5.68. The van der Waals surface area contributed by atoms with E-state index in [0.717, 1.165) is 12.1 Å². The lowest BCUT2D eigenvalue weighted by molar-refractivity contribution is -0.120. The van der Waals surface area contributed by atoms with Gasteiger partial charge in [-0.2, -0.15) is 0 Å². The van der Waals surface area contributed by atoms with Crippen molar-refractivity contribution in [1.29, 1.82) is 0 Å². The number of ether oxygens (including phenoxy) is 2. The second-order valence-corrected chi connectivity index (χ2v) is 2.23. The predicted octanol–water partition coefficient (Wildman–Crippen LogP) is 0.818. The number of hydrogen-bond donors (Lipinski definition) is 1. The van der Waals surface area contributed by atoms with Crippen LogP contribution < -0.4 is 15.2 Å². The van der Waals surface area contributed by atoms with Gasteiger partial charge in [0.15, 0.2) is 11.6 Å². The Morgan fingerprint density at radius 2 is 2.21 bits per heavy atom. The van der Waals surface area contributed by atoms with Crippen LogP contribution in [-0.2, 0) is 4.79 Å². The van der Waals surface area contributed by atoms with Crippen molar-refractivity contribution in [2.24, 2.45) is 5.73 Å². The van der Waals surface area contributed by atoms with Gasteiger partial charge in [-0.1, -0.05) is 0 Å². The summed E-state index contributed by atoms with van der Waals surface area (Å²) in [7, 11) is 0. The first-order valence-electron chi connectivity index (χ1n) is 3.50. The Bertz CT molecular complexity index is 366. The zero-order valence-electron chi connectivity index (χ0n) is 6.90. The molecule has 0 aromatic heterocycles. The van der Waals surface area contributed by atoms with Crippen LogP contribution in [-0.4, -0.2) is 12.6 Å². The van der Waals surface area contributed by atoms with Gasteiger partial charge in [0.25, 0.3) is 6.47 Å². The van der Waals surface area contributed by atoms with E-state index in [-0.39, 0.29) is 18.0 Å². The van der Waals surface area contributed by atoms with Gasteiger partial charge >= 0.3 is 6.09 Å². The van der Waals surface area contributed by atoms with Crippen LogP contribution in [0.3, 0.4) is 0 Å². The van der Waals surface area contributed by atoms with Gasteiger partial charge in [-0.15, -0.1) is 0 Å². The lowest BCUT2D eigenvalue weighted by Gasteiger charge is -2.02. The normalized spacial score (nSPS) is 9.21. The standard InChI is InChI=1S/C8H6FNO4/c9-6-3-5(14-8(10)12)1-2-7(6)13-4-11/h1-4H,(H2,10,12). The number of rotatable bonds is 3. The van der Waals surface area contributed by atoms with Crippen molar-refractivity contribution in [1.82, 2.24) is 0 Å². The molecule has 0 heterocycles. The molecule has 14 heavy (non-hydrogen) atoms. The van der Waals surface area contributed by atoms with Gasteiger partial charge < -0.3 is 15.2 Å². The molecule has 0 saturated carbocycles. The minimum atomic E-state index is -1.05. The van der Waals surface area contributed by atoms with Crippen LogP contribution in [0.2, 0.25) is 0 Å². The molecular weight excluding hydrogens is 193 g/mol. The van der Waals surface area contributed by atoms with E-state index in [9.17, 15) is 14.0 Å². The lowest BCUT2D eigenvalue weighted by Crippen LogP contribution is -2.16. The van der Waals surface area contributed by atoms with E-state index in [1.54, 1.807) is 0 Å². The Hall–Kier alpha value is -2.11. The first-order chi connectivity index (χ1) is 6.63. The summed E-state index contributed by atoms with van der Waals surface area (Å²) < 4.78 is 21.6. The van der Waals surface area contributed by atoms with Gasteiger partial charge in [-0.05, 0) is 12.1 Å². The Kier molecular flexibility index (Phi) is 3.01. The SMILES string of the molecule is NC(=O)Oc1ccc(OC=O)c(F)c1. The van der Waals surface area contributed by atoms with Crippen molar-refractivity contribution in [3.05, 3.63) is 24.0 Å². The van der Waals surface area contributed by atoms with Crippen LogP contribution >= 0.6 is 0 Å². The second-order valence-electron chi connectivity index (χ2n) is 2.23. The van der Waals surface area contributed by atoms with Crippen molar-refractivity contribution in [2.45, 2.75) is 0 Å². The molecule has 1 amide bonds. The molecular formula is C8H6FNO4. The number of carbonyl (C=O) groups is 2. The Balaban J connectivity index is 2.88. The van der Waals surface area contributed by atoms with Crippen LogP contribution in [0.25, 0.3) is 0 Å². The van der Waals surface area contributed by atoms with Gasteiger partial charge in [0, 0.05) is 6.07 Å². The third kappa shape index (κ3) is 2.44. The summed E-state index contributed by atoms with van der Waals surface area (Å²) in [5.41, 5.74) is 4.70. The van der Waals surface area contributed by atoms with Gasteiger partial charge in [0.2, 0.25) is 0 Å². The number of nitrogens with two attached hydrogens (primary N) is 1. The monoisotopic (exact) mass is 199 g/mol. The van der Waals surface area contributed by atoms with Crippen LogP contribution in [0.15, 0.2) is 18.2 Å². The molecule has 0 spiro atoms. The van der Waals surface area contributed by atoms with E-state index in [2.05, 4.69) is 9.47 Å². The van der Waals surface area contributed by atoms with E-state index in [4.69, 9.17) is 5.73 Å². The fourth-order valence-electron chi connectivity index (χ4n) is 0.809. The van der Waals surface area contributed by atoms with E-state index in [1.165, 1.54) is 6.07 Å². The quantitative estimate of drug-likeness (QED) is 0.731. The molecule has 2 N–H and O–H groups in total. The zero-order chi connectivity index (χ0) is 10.6. The molecule has 74 valence electrons. The Morgan fingerprint density at radius 3 is 2.71 bits per heavy atom. The first-order valence-corrected chi connectivity index (χ1v) is 3.50. The molecule has 0 bridgehead atoms. The fourth-order valence-corrected chi connectivity index (χ4v) is 0.809. The molecule has 1 aromatic carbocycles. The summed E-state index contributed by atoms with van der Waals surface area (Å²) in [5, 5.41) is 0. The third-order valence-electron chi connectivity index (χ3n) is 1.30. The summed E-state index contributed by atoms with van der Waals surface area (Å²) in [6, 6.07) is 3.26. The largest absolute Gasteiger partial charge is 0.426 e. The second kappa shape index (κ2) is 4.22. The highest BCUT2D eigenvalue weighted by atomic mass is 19.1. The zero-order valence-corrected chi connectivity index (χ0v) is 6.90. The first kappa shape index (κ1) is 9.97. The van der Waals surface area contributed by atoms with Crippen molar-refractivity contribution >= 4 is 12.6 Å². The molecule has 0 aliphatic carbocycles. The highest BCUT2D eigenvalue weighted by Crippen LogP contribution is 2.21. The molecule has 6 heteroatoms. The number of carbonyl (C=O) groups excluding carboxylic acids is 2. The van der Waals surface area contributed by atoms with Crippen LogP contribution in [0.1, 0.15) is 0 Å². The van der Waals surface area contributed by atoms with Crippen molar-refractivity contribution in [3.63, 3.8) is 0 Å². The van der Waals surface area contributed by atoms with E-state index in [0.29, 0.717) is 0 Å². The van der Waals surface area contributed by atoms with Crippen molar-refractivity contribution in [3.8, 4) is 11.5 Å². The number of hydrogen-bond acceptors (Lipinski definition) is 4. The summed E-state index contributed by atoms with van der Waals surface area (Å²) in [6.07, 6.45) is -1.05.